The van der Waals surface area contributed by atoms with E-state index in [1.165, 1.54) is 16.7 Å². The quantitative estimate of drug-likeness (QED) is 0.569. The number of rotatable bonds is 6. The van der Waals surface area contributed by atoms with E-state index in [1.807, 2.05) is 22.6 Å². The van der Waals surface area contributed by atoms with Gasteiger partial charge in [0.25, 0.3) is 5.91 Å². The molecule has 2 fully saturated rings. The molecule has 3 aliphatic heterocycles. The molecular weight excluding hydrogens is 426 g/mol. The largest absolute Gasteiger partial charge is 0.379 e. The van der Waals surface area contributed by atoms with Crippen LogP contribution in [0.3, 0.4) is 0 Å². The highest BCUT2D eigenvalue weighted by atomic mass is 16.5. The van der Waals surface area contributed by atoms with E-state index >= 15 is 0 Å². The van der Waals surface area contributed by atoms with Gasteiger partial charge in [-0.25, -0.2) is 0 Å². The molecule has 0 bridgehead atoms. The van der Waals surface area contributed by atoms with Crippen molar-refractivity contribution in [2.75, 3.05) is 31.2 Å². The lowest BCUT2D eigenvalue weighted by Gasteiger charge is -2.42. The van der Waals surface area contributed by atoms with Crippen molar-refractivity contribution in [2.45, 2.75) is 38.8 Å². The number of ether oxygens (including phenoxy) is 1. The fraction of sp³-hybridized carbons (Fsp3) is 0.444. The molecule has 1 aromatic heterocycles. The minimum Gasteiger partial charge on any atom is -0.379 e. The third kappa shape index (κ3) is 3.54. The van der Waals surface area contributed by atoms with E-state index in [-0.39, 0.29) is 11.3 Å². The molecule has 0 spiro atoms. The Morgan fingerprint density at radius 3 is 2.68 bits per heavy atom. The first-order valence-corrected chi connectivity index (χ1v) is 12.1. The van der Waals surface area contributed by atoms with E-state index in [1.54, 1.807) is 6.33 Å². The number of hydrogen-bond donors (Lipinski definition) is 0. The minimum absolute atomic E-state index is 0.0984. The van der Waals surface area contributed by atoms with Crippen molar-refractivity contribution < 1.29 is 9.53 Å². The van der Waals surface area contributed by atoms with Crippen LogP contribution in [0.25, 0.3) is 0 Å². The smallest absolute Gasteiger partial charge is 0.258 e. The summed E-state index contributed by atoms with van der Waals surface area (Å²) >= 11 is 0. The van der Waals surface area contributed by atoms with Crippen LogP contribution in [-0.4, -0.2) is 51.9 Å². The van der Waals surface area contributed by atoms with Crippen molar-refractivity contribution in [3.63, 3.8) is 0 Å². The van der Waals surface area contributed by atoms with E-state index in [2.05, 4.69) is 59.3 Å². The van der Waals surface area contributed by atoms with Gasteiger partial charge >= 0.3 is 0 Å². The maximum atomic E-state index is 13.5. The Balaban J connectivity index is 1.26. The number of nitrogens with zero attached hydrogens (tertiary/aromatic N) is 5. The van der Waals surface area contributed by atoms with Gasteiger partial charge in [-0.1, -0.05) is 25.1 Å². The van der Waals surface area contributed by atoms with Crippen LogP contribution in [0.1, 0.15) is 45.4 Å². The number of hydrogen-bond acceptors (Lipinski definition) is 5. The van der Waals surface area contributed by atoms with Gasteiger partial charge in [-0.05, 0) is 53.3 Å². The van der Waals surface area contributed by atoms with Gasteiger partial charge < -0.3 is 14.2 Å². The van der Waals surface area contributed by atoms with Gasteiger partial charge in [-0.3, -0.25) is 9.69 Å². The van der Waals surface area contributed by atoms with Gasteiger partial charge in [-0.15, -0.1) is 10.2 Å². The average molecular weight is 458 g/mol. The third-order valence-corrected chi connectivity index (χ3v) is 7.70. The highest BCUT2D eigenvalue weighted by molar-refractivity contribution is 6.10. The Hall–Kier alpha value is -3.03. The topological polar surface area (TPSA) is 63.5 Å². The summed E-state index contributed by atoms with van der Waals surface area (Å²) in [6, 6.07) is 12.8. The summed E-state index contributed by atoms with van der Waals surface area (Å²) < 4.78 is 7.62. The van der Waals surface area contributed by atoms with Gasteiger partial charge in [0.05, 0.1) is 19.8 Å². The van der Waals surface area contributed by atoms with Crippen molar-refractivity contribution in [1.29, 1.82) is 0 Å². The van der Waals surface area contributed by atoms with Crippen LogP contribution in [0.15, 0.2) is 42.7 Å². The fourth-order valence-corrected chi connectivity index (χ4v) is 5.68. The summed E-state index contributed by atoms with van der Waals surface area (Å²) in [5, 5.41) is 8.32. The number of amides is 1. The number of benzene rings is 2. The second-order valence-corrected chi connectivity index (χ2v) is 10.5. The van der Waals surface area contributed by atoms with Crippen molar-refractivity contribution in [3.05, 3.63) is 76.4 Å². The minimum atomic E-state index is -0.135. The normalized spacial score (nSPS) is 19.7. The Labute approximate surface area is 200 Å². The van der Waals surface area contributed by atoms with Gasteiger partial charge in [0.1, 0.15) is 12.2 Å². The summed E-state index contributed by atoms with van der Waals surface area (Å²) in [6.07, 6.45) is 2.50. The molecule has 6 rings (SSSR count). The van der Waals surface area contributed by atoms with Crippen LogP contribution in [0.5, 0.6) is 0 Å². The molecule has 2 saturated heterocycles. The van der Waals surface area contributed by atoms with Crippen LogP contribution >= 0.6 is 0 Å². The first kappa shape index (κ1) is 21.5. The van der Waals surface area contributed by atoms with Gasteiger partial charge in [0.2, 0.25) is 0 Å². The molecule has 0 unspecified atom stereocenters. The summed E-state index contributed by atoms with van der Waals surface area (Å²) in [5.74, 6) is 1.82. The highest BCUT2D eigenvalue weighted by Crippen LogP contribution is 2.39. The zero-order valence-corrected chi connectivity index (χ0v) is 20.1. The van der Waals surface area contributed by atoms with Crippen LogP contribution in [0.4, 0.5) is 5.69 Å². The first-order valence-electron chi connectivity index (χ1n) is 12.1. The maximum Gasteiger partial charge on any atom is 0.258 e. The number of anilines is 1. The molecule has 0 atom stereocenters. The van der Waals surface area contributed by atoms with E-state index < -0.39 is 0 Å². The fourth-order valence-electron chi connectivity index (χ4n) is 5.68. The maximum absolute atomic E-state index is 13.5. The monoisotopic (exact) mass is 457 g/mol. The van der Waals surface area contributed by atoms with Gasteiger partial charge in [0, 0.05) is 49.8 Å². The number of aryl methyl sites for hydroxylation is 2. The predicted octanol–water partition coefficient (Wildman–Crippen LogP) is 3.25. The molecule has 4 heterocycles. The predicted molar refractivity (Wildman–Crippen MR) is 130 cm³/mol. The molecule has 3 aromatic rings. The standard InChI is InChI=1S/C27H31N5O2/c1-18-11-31(12-18)13-20-7-19(2)24-14-32(26(33)23(24)8-20)22-6-4-5-21(9-22)27(15-34-16-27)10-25-29-28-17-30(25)3/h4-9,17-18H,10-16H2,1-3H3. The van der Waals surface area contributed by atoms with Crippen molar-refractivity contribution >= 4 is 11.6 Å². The van der Waals surface area contributed by atoms with Crippen LogP contribution in [-0.2, 0) is 36.7 Å². The molecule has 176 valence electrons. The molecule has 34 heavy (non-hydrogen) atoms. The first-order chi connectivity index (χ1) is 16.4. The van der Waals surface area contributed by atoms with Crippen LogP contribution in [0.2, 0.25) is 0 Å². The van der Waals surface area contributed by atoms with E-state index in [4.69, 9.17) is 4.74 Å². The van der Waals surface area contributed by atoms with E-state index in [9.17, 15) is 4.79 Å². The molecule has 1 amide bonds. The Morgan fingerprint density at radius 2 is 2.00 bits per heavy atom. The van der Waals surface area contributed by atoms with E-state index in [0.717, 1.165) is 54.6 Å². The third-order valence-electron chi connectivity index (χ3n) is 7.70. The highest BCUT2D eigenvalue weighted by Gasteiger charge is 2.42. The molecular formula is C27H31N5O2. The molecule has 3 aliphatic rings. The number of aromatic nitrogens is 3. The van der Waals surface area contributed by atoms with Crippen molar-refractivity contribution in [3.8, 4) is 0 Å². The molecule has 2 aromatic carbocycles. The molecule has 0 aliphatic carbocycles. The lowest BCUT2D eigenvalue weighted by atomic mass is 9.75. The van der Waals surface area contributed by atoms with Crippen LogP contribution in [0, 0.1) is 12.8 Å². The lowest BCUT2D eigenvalue weighted by Crippen LogP contribution is -2.49. The molecule has 0 radical (unpaired) electrons. The Bertz CT molecular complexity index is 1260. The van der Waals surface area contributed by atoms with Crippen molar-refractivity contribution in [2.24, 2.45) is 13.0 Å². The summed E-state index contributed by atoms with van der Waals surface area (Å²) in [4.78, 5) is 17.9. The molecule has 0 N–H and O–H groups in total. The zero-order chi connectivity index (χ0) is 23.4. The molecule has 7 heteroatoms. The van der Waals surface area contributed by atoms with Gasteiger partial charge in [-0.2, -0.15) is 0 Å². The Morgan fingerprint density at radius 1 is 1.18 bits per heavy atom. The van der Waals surface area contributed by atoms with E-state index in [0.29, 0.717) is 19.8 Å². The number of carbonyl (C=O) groups excluding carboxylic acids is 1. The second-order valence-electron chi connectivity index (χ2n) is 10.5. The summed E-state index contributed by atoms with van der Waals surface area (Å²) in [7, 11) is 1.97. The Kier molecular flexibility index (Phi) is 5.08. The van der Waals surface area contributed by atoms with Crippen molar-refractivity contribution in [1.82, 2.24) is 19.7 Å². The molecule has 7 nitrogen and oxygen atoms in total. The zero-order valence-electron chi connectivity index (χ0n) is 20.1. The lowest BCUT2D eigenvalue weighted by molar-refractivity contribution is -0.0611. The molecule has 0 saturated carbocycles. The SMILES string of the molecule is Cc1cc(CN2CC(C)C2)cc2c1CN(c1cccc(C3(Cc4nncn4C)COC3)c1)C2=O. The van der Waals surface area contributed by atoms with Crippen LogP contribution < -0.4 is 4.90 Å². The number of carbonyl (C=O) groups is 1. The summed E-state index contributed by atoms with van der Waals surface area (Å²) in [6.45, 7) is 9.54. The second kappa shape index (κ2) is 8.03. The average Bonchev–Trinajstić information content (AvgIpc) is 3.33. The number of fused-ring (bicyclic) bond motifs is 1. The summed E-state index contributed by atoms with van der Waals surface area (Å²) in [5.41, 5.74) is 6.45. The number of likely N-dealkylation sites (tertiary alicyclic amines) is 1. The van der Waals surface area contributed by atoms with Gasteiger partial charge in [0.15, 0.2) is 0 Å².